The molecule has 0 saturated carbocycles. The van der Waals surface area contributed by atoms with E-state index in [1.54, 1.807) is 36.9 Å². The summed E-state index contributed by atoms with van der Waals surface area (Å²) in [7, 11) is -3.45. The van der Waals surface area contributed by atoms with Crippen LogP contribution in [0.1, 0.15) is 41.0 Å². The Bertz CT molecular complexity index is 726. The van der Waals surface area contributed by atoms with E-state index in [2.05, 4.69) is 4.72 Å². The fraction of sp³-hybridized carbons (Fsp3) is 0.588. The van der Waals surface area contributed by atoms with Gasteiger partial charge in [-0.25, -0.2) is 8.42 Å². The topological polar surface area (TPSA) is 75.7 Å². The van der Waals surface area contributed by atoms with Crippen LogP contribution in [0.4, 0.5) is 11.4 Å². The molecule has 0 aliphatic carbocycles. The molecule has 0 spiro atoms. The van der Waals surface area contributed by atoms with Crippen LogP contribution < -0.4 is 14.4 Å². The maximum Gasteiger partial charge on any atom is 0.236 e. The van der Waals surface area contributed by atoms with Crippen LogP contribution >= 0.6 is 0 Å². The Hall–Kier alpha value is -1.76. The second-order valence-corrected chi connectivity index (χ2v) is 9.24. The number of amides is 1. The number of ether oxygens (including phenoxy) is 1. The van der Waals surface area contributed by atoms with Crippen molar-refractivity contribution in [3.63, 3.8) is 0 Å². The highest BCUT2D eigenvalue weighted by molar-refractivity contribution is 7.93. The van der Waals surface area contributed by atoms with Crippen LogP contribution in [-0.2, 0) is 14.8 Å². The molecule has 6 nitrogen and oxygen atoms in total. The summed E-state index contributed by atoms with van der Waals surface area (Å²) in [5.41, 5.74) is 0.405. The lowest BCUT2D eigenvalue weighted by atomic mass is 9.93. The Balaban J connectivity index is 2.46. The first-order valence-electron chi connectivity index (χ1n) is 8.19. The SMILES string of the molecule is CCCN1C(=O)C(C)(C)COc2ccc(NS(=O)(=O)C(C)C)cc21. The van der Waals surface area contributed by atoms with Gasteiger partial charge in [-0.15, -0.1) is 0 Å². The summed E-state index contributed by atoms with van der Waals surface area (Å²) in [5, 5.41) is -0.542. The number of fused-ring (bicyclic) bond motifs is 1. The van der Waals surface area contributed by atoms with Crippen LogP contribution in [0.5, 0.6) is 5.75 Å². The molecule has 134 valence electrons. The van der Waals surface area contributed by atoms with Crippen molar-refractivity contribution in [2.75, 3.05) is 22.8 Å². The van der Waals surface area contributed by atoms with Gasteiger partial charge in [0.15, 0.2) is 0 Å². The van der Waals surface area contributed by atoms with Crippen molar-refractivity contribution in [2.24, 2.45) is 5.41 Å². The highest BCUT2D eigenvalue weighted by atomic mass is 32.2. The minimum absolute atomic E-state index is 0.0213. The van der Waals surface area contributed by atoms with Crippen molar-refractivity contribution in [1.29, 1.82) is 0 Å². The number of nitrogens with one attached hydrogen (secondary N) is 1. The van der Waals surface area contributed by atoms with Crippen molar-refractivity contribution < 1.29 is 17.9 Å². The molecule has 7 heteroatoms. The molecule has 1 aliphatic rings. The second-order valence-electron chi connectivity index (χ2n) is 7.01. The van der Waals surface area contributed by atoms with Crippen molar-refractivity contribution in [3.05, 3.63) is 18.2 Å². The van der Waals surface area contributed by atoms with Gasteiger partial charge in [-0.2, -0.15) is 0 Å². The van der Waals surface area contributed by atoms with E-state index in [9.17, 15) is 13.2 Å². The normalized spacial score (nSPS) is 17.2. The van der Waals surface area contributed by atoms with E-state index in [0.717, 1.165) is 6.42 Å². The predicted octanol–water partition coefficient (Wildman–Crippen LogP) is 3.00. The number of nitrogens with zero attached hydrogens (tertiary/aromatic N) is 1. The summed E-state index contributed by atoms with van der Waals surface area (Å²) in [6, 6.07) is 5.04. The molecule has 1 aromatic rings. The maximum atomic E-state index is 12.8. The van der Waals surface area contributed by atoms with E-state index < -0.39 is 20.7 Å². The van der Waals surface area contributed by atoms with Crippen LogP contribution in [0.2, 0.25) is 0 Å². The number of carbonyl (C=O) groups excluding carboxylic acids is 1. The van der Waals surface area contributed by atoms with Gasteiger partial charge in [0, 0.05) is 6.54 Å². The van der Waals surface area contributed by atoms with E-state index in [-0.39, 0.29) is 12.5 Å². The van der Waals surface area contributed by atoms with Crippen LogP contribution in [0.3, 0.4) is 0 Å². The van der Waals surface area contributed by atoms with Crippen molar-refractivity contribution in [3.8, 4) is 5.75 Å². The van der Waals surface area contributed by atoms with Gasteiger partial charge in [0.25, 0.3) is 0 Å². The van der Waals surface area contributed by atoms with E-state index in [0.29, 0.717) is 23.7 Å². The molecule has 1 aliphatic heterocycles. The minimum Gasteiger partial charge on any atom is -0.490 e. The maximum absolute atomic E-state index is 12.8. The zero-order valence-corrected chi connectivity index (χ0v) is 15.7. The monoisotopic (exact) mass is 354 g/mol. The highest BCUT2D eigenvalue weighted by Gasteiger charge is 2.37. The molecule has 0 saturated heterocycles. The fourth-order valence-electron chi connectivity index (χ4n) is 2.44. The molecule has 0 radical (unpaired) electrons. The number of benzene rings is 1. The number of hydrogen-bond acceptors (Lipinski definition) is 4. The molecule has 0 atom stereocenters. The summed E-state index contributed by atoms with van der Waals surface area (Å²) in [6.07, 6.45) is 0.795. The summed E-state index contributed by atoms with van der Waals surface area (Å²) in [4.78, 5) is 14.5. The summed E-state index contributed by atoms with van der Waals surface area (Å²) >= 11 is 0. The van der Waals surface area contributed by atoms with Gasteiger partial charge < -0.3 is 9.64 Å². The number of sulfonamides is 1. The summed E-state index contributed by atoms with van der Waals surface area (Å²) in [6.45, 7) is 9.78. The molecule has 24 heavy (non-hydrogen) atoms. The Morgan fingerprint density at radius 1 is 1.33 bits per heavy atom. The molecule has 1 aromatic carbocycles. The molecule has 1 heterocycles. The van der Waals surface area contributed by atoms with Crippen molar-refractivity contribution >= 4 is 27.3 Å². The van der Waals surface area contributed by atoms with E-state index >= 15 is 0 Å². The van der Waals surface area contributed by atoms with Gasteiger partial charge in [0.2, 0.25) is 15.9 Å². The lowest BCUT2D eigenvalue weighted by molar-refractivity contribution is -0.127. The number of carbonyl (C=O) groups is 1. The molecule has 0 aromatic heterocycles. The van der Waals surface area contributed by atoms with Crippen molar-refractivity contribution in [1.82, 2.24) is 0 Å². The smallest absolute Gasteiger partial charge is 0.236 e. The van der Waals surface area contributed by atoms with Crippen LogP contribution in [0.15, 0.2) is 18.2 Å². The van der Waals surface area contributed by atoms with Crippen molar-refractivity contribution in [2.45, 2.75) is 46.3 Å². The molecule has 2 rings (SSSR count). The van der Waals surface area contributed by atoms with E-state index in [1.807, 2.05) is 20.8 Å². The van der Waals surface area contributed by atoms with Crippen LogP contribution in [-0.4, -0.2) is 32.7 Å². The van der Waals surface area contributed by atoms with Crippen LogP contribution in [0, 0.1) is 5.41 Å². The molecule has 1 N–H and O–H groups in total. The third kappa shape index (κ3) is 3.66. The van der Waals surface area contributed by atoms with Gasteiger partial charge >= 0.3 is 0 Å². The standard InChI is InChI=1S/C17H26N2O4S/c1-6-9-19-14-10-13(18-24(21,22)12(2)3)7-8-15(14)23-11-17(4,5)16(19)20/h7-8,10,12,18H,6,9,11H2,1-5H3. The Morgan fingerprint density at radius 2 is 2.00 bits per heavy atom. The van der Waals surface area contributed by atoms with Crippen LogP contribution in [0.25, 0.3) is 0 Å². The van der Waals surface area contributed by atoms with Gasteiger partial charge in [-0.1, -0.05) is 6.92 Å². The lowest BCUT2D eigenvalue weighted by Crippen LogP contribution is -2.42. The molecule has 0 bridgehead atoms. The summed E-state index contributed by atoms with van der Waals surface area (Å²) in [5.74, 6) is 0.571. The summed E-state index contributed by atoms with van der Waals surface area (Å²) < 4.78 is 32.5. The number of anilines is 2. The first-order chi connectivity index (χ1) is 11.1. The zero-order chi connectivity index (χ0) is 18.1. The second kappa shape index (κ2) is 6.63. The quantitative estimate of drug-likeness (QED) is 0.882. The molecule has 0 fully saturated rings. The Kier molecular flexibility index (Phi) is 5.13. The average molecular weight is 354 g/mol. The van der Waals surface area contributed by atoms with Gasteiger partial charge in [0.1, 0.15) is 12.4 Å². The zero-order valence-electron chi connectivity index (χ0n) is 14.9. The van der Waals surface area contributed by atoms with Gasteiger partial charge in [0.05, 0.1) is 22.0 Å². The molecular weight excluding hydrogens is 328 g/mol. The highest BCUT2D eigenvalue weighted by Crippen LogP contribution is 2.38. The molecular formula is C17H26N2O4S. The third-order valence-corrected chi connectivity index (χ3v) is 5.75. The fourth-order valence-corrected chi connectivity index (χ4v) is 3.13. The largest absolute Gasteiger partial charge is 0.490 e. The third-order valence-electron chi connectivity index (χ3n) is 3.99. The Morgan fingerprint density at radius 3 is 2.58 bits per heavy atom. The van der Waals surface area contributed by atoms with Gasteiger partial charge in [-0.3, -0.25) is 9.52 Å². The van der Waals surface area contributed by atoms with E-state index in [4.69, 9.17) is 4.74 Å². The average Bonchev–Trinajstić information content (AvgIpc) is 2.58. The lowest BCUT2D eigenvalue weighted by Gasteiger charge is -2.28. The minimum atomic E-state index is -3.45. The van der Waals surface area contributed by atoms with Gasteiger partial charge in [-0.05, 0) is 52.3 Å². The number of hydrogen-bond donors (Lipinski definition) is 1. The predicted molar refractivity (Wildman–Crippen MR) is 96.0 cm³/mol. The first kappa shape index (κ1) is 18.6. The Labute approximate surface area is 144 Å². The number of rotatable bonds is 5. The van der Waals surface area contributed by atoms with E-state index in [1.165, 1.54) is 0 Å². The first-order valence-corrected chi connectivity index (χ1v) is 9.73. The molecule has 0 unspecified atom stereocenters. The molecule has 1 amide bonds.